The summed E-state index contributed by atoms with van der Waals surface area (Å²) in [6.45, 7) is 13.6. The van der Waals surface area contributed by atoms with Crippen LogP contribution in [0.4, 0.5) is 5.69 Å². The molecule has 0 aromatic heterocycles. The molecule has 1 N–H and O–H groups in total. The van der Waals surface area contributed by atoms with Crippen molar-refractivity contribution < 1.29 is 0 Å². The predicted molar refractivity (Wildman–Crippen MR) is 84.0 cm³/mol. The first-order valence-electron chi connectivity index (χ1n) is 7.50. The fourth-order valence-electron chi connectivity index (χ4n) is 2.98. The summed E-state index contributed by atoms with van der Waals surface area (Å²) in [5.41, 5.74) is 2.95. The van der Waals surface area contributed by atoms with Crippen molar-refractivity contribution >= 4 is 5.69 Å². The molecular formula is C17H28N2. The fourth-order valence-corrected chi connectivity index (χ4v) is 2.98. The van der Waals surface area contributed by atoms with E-state index in [0.717, 1.165) is 13.1 Å². The largest absolute Gasteiger partial charge is 0.370 e. The van der Waals surface area contributed by atoms with E-state index in [1.165, 1.54) is 17.7 Å². The van der Waals surface area contributed by atoms with Crippen molar-refractivity contribution in [2.75, 3.05) is 18.0 Å². The Labute approximate surface area is 118 Å². The molecule has 1 aliphatic heterocycles. The minimum atomic E-state index is 0.173. The zero-order chi connectivity index (χ0) is 14.0. The summed E-state index contributed by atoms with van der Waals surface area (Å²) in [7, 11) is 0. The zero-order valence-electron chi connectivity index (χ0n) is 13.0. The van der Waals surface area contributed by atoms with Crippen molar-refractivity contribution in [3.8, 4) is 0 Å². The normalized spacial score (nSPS) is 23.5. The molecule has 1 saturated heterocycles. The zero-order valence-corrected chi connectivity index (χ0v) is 13.0. The van der Waals surface area contributed by atoms with Crippen LogP contribution in [-0.4, -0.2) is 24.7 Å². The summed E-state index contributed by atoms with van der Waals surface area (Å²) in [5.74, 6) is 0.608. The molecule has 1 aromatic carbocycles. The number of nitrogens with one attached hydrogen (secondary N) is 1. The molecule has 2 heteroatoms. The molecule has 1 fully saturated rings. The van der Waals surface area contributed by atoms with Crippen LogP contribution in [0.3, 0.4) is 0 Å². The summed E-state index contributed by atoms with van der Waals surface area (Å²) < 4.78 is 0. The molecule has 1 atom stereocenters. The van der Waals surface area contributed by atoms with Gasteiger partial charge in [-0.25, -0.2) is 0 Å². The number of hydrogen-bond donors (Lipinski definition) is 1. The predicted octanol–water partition coefficient (Wildman–Crippen LogP) is 3.78. The summed E-state index contributed by atoms with van der Waals surface area (Å²) in [4.78, 5) is 2.51. The summed E-state index contributed by atoms with van der Waals surface area (Å²) >= 11 is 0. The lowest BCUT2D eigenvalue weighted by atomic mass is 10.0. The Hall–Kier alpha value is -1.02. The van der Waals surface area contributed by atoms with Crippen LogP contribution in [-0.2, 0) is 0 Å². The maximum Gasteiger partial charge on any atom is 0.0367 e. The van der Waals surface area contributed by atoms with Gasteiger partial charge in [-0.2, -0.15) is 0 Å². The number of rotatable bonds is 2. The van der Waals surface area contributed by atoms with E-state index in [1.807, 2.05) is 0 Å². The highest BCUT2D eigenvalue weighted by Crippen LogP contribution is 2.24. The SMILES string of the molecule is CC1CCN(c2ccc(C(C)C)cc2)CC(C)(C)N1. The third kappa shape index (κ3) is 3.73. The molecule has 0 amide bonds. The van der Waals surface area contributed by atoms with Gasteiger partial charge in [0.15, 0.2) is 0 Å². The highest BCUT2D eigenvalue weighted by atomic mass is 15.2. The Balaban J connectivity index is 2.16. The van der Waals surface area contributed by atoms with E-state index in [2.05, 4.69) is 69.1 Å². The van der Waals surface area contributed by atoms with Crippen molar-refractivity contribution in [2.24, 2.45) is 0 Å². The van der Waals surface area contributed by atoms with Gasteiger partial charge >= 0.3 is 0 Å². The molecule has 0 aliphatic carbocycles. The average molecular weight is 260 g/mol. The van der Waals surface area contributed by atoms with Crippen LogP contribution in [0.1, 0.15) is 52.5 Å². The Morgan fingerprint density at radius 1 is 1.21 bits per heavy atom. The summed E-state index contributed by atoms with van der Waals surface area (Å²) in [5, 5.41) is 3.71. The van der Waals surface area contributed by atoms with Crippen LogP contribution >= 0.6 is 0 Å². The van der Waals surface area contributed by atoms with Gasteiger partial charge in [0.25, 0.3) is 0 Å². The van der Waals surface area contributed by atoms with Gasteiger partial charge < -0.3 is 10.2 Å². The molecule has 2 nitrogen and oxygen atoms in total. The van der Waals surface area contributed by atoms with Crippen molar-refractivity contribution in [3.63, 3.8) is 0 Å². The van der Waals surface area contributed by atoms with E-state index in [0.29, 0.717) is 12.0 Å². The number of hydrogen-bond acceptors (Lipinski definition) is 2. The van der Waals surface area contributed by atoms with E-state index >= 15 is 0 Å². The third-order valence-electron chi connectivity index (χ3n) is 3.98. The minimum absolute atomic E-state index is 0.173. The first kappa shape index (κ1) is 14.4. The molecule has 106 valence electrons. The maximum absolute atomic E-state index is 3.71. The quantitative estimate of drug-likeness (QED) is 0.870. The highest BCUT2D eigenvalue weighted by Gasteiger charge is 2.27. The molecule has 0 spiro atoms. The van der Waals surface area contributed by atoms with E-state index < -0.39 is 0 Å². The monoisotopic (exact) mass is 260 g/mol. The van der Waals surface area contributed by atoms with Crippen LogP contribution in [0.15, 0.2) is 24.3 Å². The molecule has 1 unspecified atom stereocenters. The van der Waals surface area contributed by atoms with Crippen molar-refractivity contribution in [3.05, 3.63) is 29.8 Å². The lowest BCUT2D eigenvalue weighted by Gasteiger charge is -2.32. The van der Waals surface area contributed by atoms with Crippen molar-refractivity contribution in [1.29, 1.82) is 0 Å². The highest BCUT2D eigenvalue weighted by molar-refractivity contribution is 5.48. The van der Waals surface area contributed by atoms with E-state index in [-0.39, 0.29) is 5.54 Å². The van der Waals surface area contributed by atoms with Gasteiger partial charge in [-0.15, -0.1) is 0 Å². The number of nitrogens with zero attached hydrogens (tertiary/aromatic N) is 1. The maximum atomic E-state index is 3.71. The average Bonchev–Trinajstić information content (AvgIpc) is 2.47. The van der Waals surface area contributed by atoms with Crippen LogP contribution in [0.2, 0.25) is 0 Å². The second kappa shape index (κ2) is 5.54. The molecule has 19 heavy (non-hydrogen) atoms. The topological polar surface area (TPSA) is 15.3 Å². The minimum Gasteiger partial charge on any atom is -0.370 e. The molecule has 1 aliphatic rings. The second-order valence-electron chi connectivity index (χ2n) is 6.89. The molecule has 0 bridgehead atoms. The van der Waals surface area contributed by atoms with Gasteiger partial charge in [0.2, 0.25) is 0 Å². The first-order chi connectivity index (χ1) is 8.87. The smallest absolute Gasteiger partial charge is 0.0367 e. The van der Waals surface area contributed by atoms with Gasteiger partial charge in [0.05, 0.1) is 0 Å². The van der Waals surface area contributed by atoms with Crippen LogP contribution in [0.5, 0.6) is 0 Å². The lowest BCUT2D eigenvalue weighted by Crippen LogP contribution is -2.48. The summed E-state index contributed by atoms with van der Waals surface area (Å²) in [6.07, 6.45) is 1.20. The lowest BCUT2D eigenvalue weighted by molar-refractivity contribution is 0.368. The van der Waals surface area contributed by atoms with E-state index in [9.17, 15) is 0 Å². The van der Waals surface area contributed by atoms with Gasteiger partial charge in [-0.3, -0.25) is 0 Å². The van der Waals surface area contributed by atoms with Crippen LogP contribution in [0.25, 0.3) is 0 Å². The molecule has 1 heterocycles. The standard InChI is InChI=1S/C17H28N2/c1-13(2)15-6-8-16(9-7-15)19-11-10-14(3)18-17(4,5)12-19/h6-9,13-14,18H,10-12H2,1-5H3. The molecule has 0 radical (unpaired) electrons. The van der Waals surface area contributed by atoms with Crippen molar-refractivity contribution in [1.82, 2.24) is 5.32 Å². The second-order valence-corrected chi connectivity index (χ2v) is 6.89. The van der Waals surface area contributed by atoms with Gasteiger partial charge in [0, 0.05) is 30.4 Å². The Morgan fingerprint density at radius 3 is 2.42 bits per heavy atom. The fraction of sp³-hybridized carbons (Fsp3) is 0.647. The van der Waals surface area contributed by atoms with Gasteiger partial charge in [-0.05, 0) is 50.8 Å². The van der Waals surface area contributed by atoms with Crippen molar-refractivity contribution in [2.45, 2.75) is 58.5 Å². The molecule has 0 saturated carbocycles. The van der Waals surface area contributed by atoms with Crippen LogP contribution in [0, 0.1) is 0 Å². The Morgan fingerprint density at radius 2 is 1.84 bits per heavy atom. The van der Waals surface area contributed by atoms with E-state index in [4.69, 9.17) is 0 Å². The Bertz CT molecular complexity index is 406. The molecular weight excluding hydrogens is 232 g/mol. The first-order valence-corrected chi connectivity index (χ1v) is 7.50. The number of anilines is 1. The van der Waals surface area contributed by atoms with Gasteiger partial charge in [0.1, 0.15) is 0 Å². The molecule has 1 aromatic rings. The molecule has 2 rings (SSSR count). The van der Waals surface area contributed by atoms with Gasteiger partial charge in [-0.1, -0.05) is 26.0 Å². The Kier molecular flexibility index (Phi) is 4.19. The van der Waals surface area contributed by atoms with E-state index in [1.54, 1.807) is 0 Å². The van der Waals surface area contributed by atoms with Crippen LogP contribution < -0.4 is 10.2 Å². The summed E-state index contributed by atoms with van der Waals surface area (Å²) in [6, 6.07) is 9.70. The number of benzene rings is 1. The third-order valence-corrected chi connectivity index (χ3v) is 3.98.